The molecule has 0 N–H and O–H groups in total. The van der Waals surface area contributed by atoms with Gasteiger partial charge in [0.05, 0.1) is 10.6 Å². The van der Waals surface area contributed by atoms with Crippen molar-refractivity contribution in [1.29, 1.82) is 0 Å². The zero-order chi connectivity index (χ0) is 20.1. The summed E-state index contributed by atoms with van der Waals surface area (Å²) in [5, 5.41) is 5.90. The summed E-state index contributed by atoms with van der Waals surface area (Å²) >= 11 is 7.91. The van der Waals surface area contributed by atoms with Gasteiger partial charge in [-0.1, -0.05) is 29.8 Å². The van der Waals surface area contributed by atoms with E-state index >= 15 is 0 Å². The number of rotatable bonds is 3. The molecule has 1 amide bonds. The minimum atomic E-state index is -1.02. The lowest BCUT2D eigenvalue weighted by atomic mass is 9.74. The maximum Gasteiger partial charge on any atom is 0.264 e. The Hall–Kier alpha value is -2.18. The zero-order valence-electron chi connectivity index (χ0n) is 16.2. The van der Waals surface area contributed by atoms with Gasteiger partial charge in [-0.2, -0.15) is 5.10 Å². The third-order valence-corrected chi connectivity index (χ3v) is 7.28. The minimum absolute atomic E-state index is 0.0571. The molecule has 4 rings (SSSR count). The highest BCUT2D eigenvalue weighted by atomic mass is 35.5. The predicted octanol–water partition coefficient (Wildman–Crippen LogP) is 4.71. The van der Waals surface area contributed by atoms with Crippen molar-refractivity contribution < 1.29 is 9.59 Å². The van der Waals surface area contributed by atoms with Crippen LogP contribution in [-0.4, -0.2) is 33.4 Å². The number of halogens is 1. The average Bonchev–Trinajstić information content (AvgIpc) is 3.23. The molecule has 2 aromatic heterocycles. The molecule has 7 heteroatoms. The fourth-order valence-corrected chi connectivity index (χ4v) is 5.67. The third-order valence-electron chi connectivity index (χ3n) is 5.76. The molecule has 0 aliphatic heterocycles. The Bertz CT molecular complexity index is 1050. The number of benzene rings is 1. The summed E-state index contributed by atoms with van der Waals surface area (Å²) in [6.45, 7) is 1.93. The van der Waals surface area contributed by atoms with Gasteiger partial charge < -0.3 is 4.90 Å². The maximum atomic E-state index is 13.5. The smallest absolute Gasteiger partial charge is 0.264 e. The highest BCUT2D eigenvalue weighted by Gasteiger charge is 2.48. The van der Waals surface area contributed by atoms with Crippen LogP contribution >= 0.6 is 22.9 Å². The van der Waals surface area contributed by atoms with Crippen molar-refractivity contribution in [3.05, 3.63) is 51.5 Å². The van der Waals surface area contributed by atoms with E-state index in [9.17, 15) is 9.59 Å². The van der Waals surface area contributed by atoms with Gasteiger partial charge in [0.25, 0.3) is 5.91 Å². The molecule has 0 radical (unpaired) electrons. The number of amides is 1. The zero-order valence-corrected chi connectivity index (χ0v) is 17.7. The first kappa shape index (κ1) is 19.2. The summed E-state index contributed by atoms with van der Waals surface area (Å²) < 4.78 is 1.79. The van der Waals surface area contributed by atoms with Gasteiger partial charge >= 0.3 is 0 Å². The van der Waals surface area contributed by atoms with Gasteiger partial charge in [0.15, 0.2) is 5.78 Å². The Morgan fingerprint density at radius 3 is 2.75 bits per heavy atom. The van der Waals surface area contributed by atoms with Crippen molar-refractivity contribution in [2.75, 3.05) is 7.05 Å². The Morgan fingerprint density at radius 2 is 2.07 bits per heavy atom. The fraction of sp³-hybridized carbons (Fsp3) is 0.381. The molecule has 3 aromatic rings. The van der Waals surface area contributed by atoms with E-state index in [-0.39, 0.29) is 11.7 Å². The van der Waals surface area contributed by atoms with Gasteiger partial charge in [-0.05, 0) is 38.3 Å². The molecule has 1 unspecified atom stereocenters. The summed E-state index contributed by atoms with van der Waals surface area (Å²) in [4.78, 5) is 29.9. The second-order valence-electron chi connectivity index (χ2n) is 7.37. The van der Waals surface area contributed by atoms with E-state index in [1.165, 1.54) is 11.3 Å². The first-order valence-electron chi connectivity index (χ1n) is 9.36. The van der Waals surface area contributed by atoms with Crippen molar-refractivity contribution >= 4 is 44.8 Å². The molecule has 146 valence electrons. The number of hydrogen-bond donors (Lipinski definition) is 0. The van der Waals surface area contributed by atoms with Crippen LogP contribution in [0.5, 0.6) is 0 Å². The molecular formula is C21H22ClN3O2S. The second-order valence-corrected chi connectivity index (χ2v) is 8.81. The molecule has 1 saturated carbocycles. The standard InChI is InChI=1S/C21H22ClN3O2S/c1-13-14-12-17(28-20(14)25(3)23-13)19(27)24(2)21(11-7-6-10-18(21)26)15-8-4-5-9-16(15)22/h4-5,8-9,12H,6-7,10-11H2,1-3H3. The summed E-state index contributed by atoms with van der Waals surface area (Å²) in [7, 11) is 3.60. The van der Waals surface area contributed by atoms with Gasteiger partial charge in [-0.25, -0.2) is 0 Å². The molecule has 5 nitrogen and oxygen atoms in total. The van der Waals surface area contributed by atoms with Gasteiger partial charge in [-0.3, -0.25) is 14.3 Å². The van der Waals surface area contributed by atoms with Crippen molar-refractivity contribution in [2.24, 2.45) is 7.05 Å². The fourth-order valence-electron chi connectivity index (χ4n) is 4.28. The topological polar surface area (TPSA) is 55.2 Å². The van der Waals surface area contributed by atoms with Crippen LogP contribution in [0, 0.1) is 6.92 Å². The minimum Gasteiger partial charge on any atom is -0.324 e. The lowest BCUT2D eigenvalue weighted by Gasteiger charge is -2.43. The number of carbonyl (C=O) groups excluding carboxylic acids is 2. The van der Waals surface area contributed by atoms with Crippen LogP contribution in [0.3, 0.4) is 0 Å². The van der Waals surface area contributed by atoms with Crippen molar-refractivity contribution in [1.82, 2.24) is 14.7 Å². The molecule has 1 aliphatic carbocycles. The van der Waals surface area contributed by atoms with E-state index in [4.69, 9.17) is 11.6 Å². The Kier molecular flexibility index (Phi) is 4.79. The van der Waals surface area contributed by atoms with Crippen molar-refractivity contribution in [3.8, 4) is 0 Å². The van der Waals surface area contributed by atoms with Gasteiger partial charge in [0.1, 0.15) is 10.4 Å². The number of carbonyl (C=O) groups is 2. The summed E-state index contributed by atoms with van der Waals surface area (Å²) in [5.74, 6) is -0.0996. The molecule has 2 heterocycles. The summed E-state index contributed by atoms with van der Waals surface area (Å²) in [6, 6.07) is 9.25. The number of Topliss-reactive ketones (excluding diaryl/α,β-unsaturated/α-hetero) is 1. The number of aromatic nitrogens is 2. The molecule has 1 fully saturated rings. The van der Waals surface area contributed by atoms with E-state index in [1.807, 2.05) is 38.2 Å². The normalized spacial score (nSPS) is 19.9. The van der Waals surface area contributed by atoms with E-state index in [0.717, 1.165) is 34.3 Å². The second kappa shape index (κ2) is 7.01. The number of ketones is 1. The van der Waals surface area contributed by atoms with Crippen LogP contribution in [-0.2, 0) is 17.4 Å². The van der Waals surface area contributed by atoms with Crippen LogP contribution in [0.2, 0.25) is 5.02 Å². The van der Waals surface area contributed by atoms with Crippen LogP contribution in [0.15, 0.2) is 30.3 Å². The molecule has 1 atom stereocenters. The number of hydrogen-bond acceptors (Lipinski definition) is 4. The number of thiophene rings is 1. The van der Waals surface area contributed by atoms with Gasteiger partial charge in [-0.15, -0.1) is 11.3 Å². The third kappa shape index (κ3) is 2.78. The maximum absolute atomic E-state index is 13.5. The first-order valence-corrected chi connectivity index (χ1v) is 10.6. The highest BCUT2D eigenvalue weighted by Crippen LogP contribution is 2.43. The number of likely N-dealkylation sites (N-methyl/N-ethyl adjacent to an activating group) is 1. The molecule has 28 heavy (non-hydrogen) atoms. The Balaban J connectivity index is 1.81. The molecule has 1 aliphatic rings. The quantitative estimate of drug-likeness (QED) is 0.622. The molecular weight excluding hydrogens is 394 g/mol. The largest absolute Gasteiger partial charge is 0.324 e. The SMILES string of the molecule is Cc1nn(C)c2sc(C(=O)N(C)C3(c4ccccc4Cl)CCCCC3=O)cc12. The van der Waals surface area contributed by atoms with E-state index < -0.39 is 5.54 Å². The Labute approximate surface area is 172 Å². The van der Waals surface area contributed by atoms with Gasteiger partial charge in [0, 0.05) is 36.5 Å². The average molecular weight is 416 g/mol. The molecule has 1 aromatic carbocycles. The number of nitrogens with zero attached hydrogens (tertiary/aromatic N) is 3. The number of aryl methyl sites for hydroxylation is 2. The van der Waals surface area contributed by atoms with Crippen LogP contribution in [0.1, 0.15) is 46.6 Å². The van der Waals surface area contributed by atoms with E-state index in [2.05, 4.69) is 5.10 Å². The lowest BCUT2D eigenvalue weighted by molar-refractivity contribution is -0.132. The number of fused-ring (bicyclic) bond motifs is 1. The van der Waals surface area contributed by atoms with E-state index in [0.29, 0.717) is 22.7 Å². The van der Waals surface area contributed by atoms with Crippen LogP contribution < -0.4 is 0 Å². The Morgan fingerprint density at radius 1 is 1.32 bits per heavy atom. The van der Waals surface area contributed by atoms with E-state index in [1.54, 1.807) is 22.7 Å². The lowest BCUT2D eigenvalue weighted by Crippen LogP contribution is -2.54. The van der Waals surface area contributed by atoms with Crippen molar-refractivity contribution in [3.63, 3.8) is 0 Å². The molecule has 0 bridgehead atoms. The van der Waals surface area contributed by atoms with Crippen LogP contribution in [0.25, 0.3) is 10.2 Å². The first-order chi connectivity index (χ1) is 13.4. The van der Waals surface area contributed by atoms with Crippen molar-refractivity contribution in [2.45, 2.75) is 38.1 Å². The summed E-state index contributed by atoms with van der Waals surface area (Å²) in [6.07, 6.45) is 2.77. The highest BCUT2D eigenvalue weighted by molar-refractivity contribution is 7.20. The van der Waals surface area contributed by atoms with Crippen LogP contribution in [0.4, 0.5) is 0 Å². The molecule has 0 spiro atoms. The van der Waals surface area contributed by atoms with Gasteiger partial charge in [0.2, 0.25) is 0 Å². The summed E-state index contributed by atoms with van der Waals surface area (Å²) in [5.41, 5.74) is 0.595. The monoisotopic (exact) mass is 415 g/mol. The molecule has 0 saturated heterocycles. The predicted molar refractivity (Wildman–Crippen MR) is 112 cm³/mol.